The average molecular weight is 245 g/mol. The molecule has 0 saturated carbocycles. The van der Waals surface area contributed by atoms with Gasteiger partial charge in [0.2, 0.25) is 0 Å². The Morgan fingerprint density at radius 1 is 1.47 bits per heavy atom. The standard InChI is InChI=1S/C9H9ClN2O2S/c1-2-8-11-9(15(10,13)14)7-5-3-4-6-12(7)8/h3-6H,2H2,1H3. The first-order valence-electron chi connectivity index (χ1n) is 4.44. The van der Waals surface area contributed by atoms with Crippen LogP contribution in [0.4, 0.5) is 0 Å². The minimum Gasteiger partial charge on any atom is -0.302 e. The van der Waals surface area contributed by atoms with E-state index in [-0.39, 0.29) is 5.03 Å². The second-order valence-electron chi connectivity index (χ2n) is 3.08. The molecule has 15 heavy (non-hydrogen) atoms. The monoisotopic (exact) mass is 244 g/mol. The number of imidazole rings is 1. The summed E-state index contributed by atoms with van der Waals surface area (Å²) in [5, 5.41) is -0.0679. The van der Waals surface area contributed by atoms with E-state index in [4.69, 9.17) is 10.7 Å². The Balaban J connectivity index is 2.88. The van der Waals surface area contributed by atoms with Gasteiger partial charge in [0.1, 0.15) is 5.82 Å². The van der Waals surface area contributed by atoms with Gasteiger partial charge in [0.15, 0.2) is 5.03 Å². The lowest BCUT2D eigenvalue weighted by molar-refractivity contribution is 0.607. The highest BCUT2D eigenvalue weighted by atomic mass is 35.7. The van der Waals surface area contributed by atoms with Crippen LogP contribution in [0.25, 0.3) is 5.52 Å². The molecule has 0 aliphatic carbocycles. The summed E-state index contributed by atoms with van der Waals surface area (Å²) in [5.74, 6) is 0.685. The van der Waals surface area contributed by atoms with Gasteiger partial charge in [-0.05, 0) is 12.1 Å². The Morgan fingerprint density at radius 2 is 2.20 bits per heavy atom. The minimum atomic E-state index is -3.78. The van der Waals surface area contributed by atoms with Crippen LogP contribution in [0.3, 0.4) is 0 Å². The molecule has 6 heteroatoms. The highest BCUT2D eigenvalue weighted by Gasteiger charge is 2.19. The summed E-state index contributed by atoms with van der Waals surface area (Å²) in [6.45, 7) is 1.91. The van der Waals surface area contributed by atoms with Crippen molar-refractivity contribution >= 4 is 25.2 Å². The average Bonchev–Trinajstić information content (AvgIpc) is 2.55. The van der Waals surface area contributed by atoms with Crippen LogP contribution in [-0.2, 0) is 15.5 Å². The van der Waals surface area contributed by atoms with Gasteiger partial charge < -0.3 is 4.40 Å². The van der Waals surface area contributed by atoms with E-state index in [1.807, 2.05) is 13.0 Å². The summed E-state index contributed by atoms with van der Waals surface area (Å²) in [4.78, 5) is 4.02. The molecule has 0 unspecified atom stereocenters. The van der Waals surface area contributed by atoms with Crippen molar-refractivity contribution in [2.24, 2.45) is 0 Å². The van der Waals surface area contributed by atoms with Crippen molar-refractivity contribution in [2.75, 3.05) is 0 Å². The first-order chi connectivity index (χ1) is 7.04. The summed E-state index contributed by atoms with van der Waals surface area (Å²) in [6.07, 6.45) is 2.42. The number of hydrogen-bond acceptors (Lipinski definition) is 3. The zero-order chi connectivity index (χ0) is 11.1. The maximum Gasteiger partial charge on any atom is 0.280 e. The van der Waals surface area contributed by atoms with Gasteiger partial charge in [-0.1, -0.05) is 13.0 Å². The molecule has 0 bridgehead atoms. The van der Waals surface area contributed by atoms with Crippen molar-refractivity contribution in [2.45, 2.75) is 18.4 Å². The fourth-order valence-electron chi connectivity index (χ4n) is 1.50. The predicted octanol–water partition coefficient (Wildman–Crippen LogP) is 1.82. The Kier molecular flexibility index (Phi) is 2.44. The van der Waals surface area contributed by atoms with E-state index >= 15 is 0 Å². The van der Waals surface area contributed by atoms with Gasteiger partial charge >= 0.3 is 0 Å². The smallest absolute Gasteiger partial charge is 0.280 e. The molecule has 2 aromatic rings. The third-order valence-electron chi connectivity index (χ3n) is 2.13. The highest BCUT2D eigenvalue weighted by molar-refractivity contribution is 8.13. The quantitative estimate of drug-likeness (QED) is 0.758. The van der Waals surface area contributed by atoms with E-state index in [9.17, 15) is 8.42 Å². The molecule has 0 amide bonds. The van der Waals surface area contributed by atoms with E-state index in [0.717, 1.165) is 0 Å². The van der Waals surface area contributed by atoms with Crippen LogP contribution in [0.2, 0.25) is 0 Å². The summed E-state index contributed by atoms with van der Waals surface area (Å²) in [6, 6.07) is 5.25. The summed E-state index contributed by atoms with van der Waals surface area (Å²) < 4.78 is 24.3. The van der Waals surface area contributed by atoms with E-state index in [1.54, 1.807) is 22.7 Å². The van der Waals surface area contributed by atoms with Crippen molar-refractivity contribution in [1.82, 2.24) is 9.38 Å². The van der Waals surface area contributed by atoms with Crippen molar-refractivity contribution in [3.05, 3.63) is 30.2 Å². The van der Waals surface area contributed by atoms with Crippen molar-refractivity contribution in [3.8, 4) is 0 Å². The molecular formula is C9H9ClN2O2S. The second kappa shape index (κ2) is 3.50. The molecule has 80 valence electrons. The van der Waals surface area contributed by atoms with Gasteiger partial charge in [-0.2, -0.15) is 0 Å². The SMILES string of the molecule is CCc1nc(S(=O)(=O)Cl)c2ccccn12. The van der Waals surface area contributed by atoms with Gasteiger partial charge in [-0.25, -0.2) is 13.4 Å². The lowest BCUT2D eigenvalue weighted by atomic mass is 10.4. The molecule has 0 aliphatic heterocycles. The largest absolute Gasteiger partial charge is 0.302 e. The molecule has 0 aromatic carbocycles. The number of fused-ring (bicyclic) bond motifs is 1. The van der Waals surface area contributed by atoms with Crippen LogP contribution < -0.4 is 0 Å². The van der Waals surface area contributed by atoms with Crippen molar-refractivity contribution < 1.29 is 8.42 Å². The predicted molar refractivity (Wildman–Crippen MR) is 57.6 cm³/mol. The molecule has 0 spiro atoms. The lowest BCUT2D eigenvalue weighted by Gasteiger charge is -1.95. The molecule has 2 rings (SSSR count). The van der Waals surface area contributed by atoms with Crippen molar-refractivity contribution in [3.63, 3.8) is 0 Å². The first-order valence-corrected chi connectivity index (χ1v) is 6.75. The third-order valence-corrected chi connectivity index (χ3v) is 3.34. The molecule has 0 fully saturated rings. The fourth-order valence-corrected chi connectivity index (χ4v) is 2.47. The lowest BCUT2D eigenvalue weighted by Crippen LogP contribution is -1.91. The zero-order valence-corrected chi connectivity index (χ0v) is 9.59. The van der Waals surface area contributed by atoms with Crippen LogP contribution in [0.1, 0.15) is 12.7 Å². The van der Waals surface area contributed by atoms with Crippen LogP contribution in [0.15, 0.2) is 29.4 Å². The second-order valence-corrected chi connectivity index (χ2v) is 5.56. The fraction of sp³-hybridized carbons (Fsp3) is 0.222. The number of halogens is 1. The summed E-state index contributed by atoms with van der Waals surface area (Å²) in [5.41, 5.74) is 0.518. The highest BCUT2D eigenvalue weighted by Crippen LogP contribution is 2.21. The summed E-state index contributed by atoms with van der Waals surface area (Å²) in [7, 11) is 1.53. The van der Waals surface area contributed by atoms with Crippen LogP contribution in [0, 0.1) is 0 Å². The van der Waals surface area contributed by atoms with Gasteiger partial charge in [0.25, 0.3) is 9.05 Å². The molecule has 2 heterocycles. The Hall–Kier alpha value is -1.07. The molecule has 4 nitrogen and oxygen atoms in total. The third kappa shape index (κ3) is 1.72. The molecule has 0 radical (unpaired) electrons. The van der Waals surface area contributed by atoms with E-state index in [1.165, 1.54) is 0 Å². The normalized spacial score (nSPS) is 12.1. The molecule has 2 aromatic heterocycles. The maximum absolute atomic E-state index is 11.3. The van der Waals surface area contributed by atoms with E-state index in [2.05, 4.69) is 4.98 Å². The van der Waals surface area contributed by atoms with Crippen LogP contribution in [-0.4, -0.2) is 17.8 Å². The Morgan fingerprint density at radius 3 is 2.80 bits per heavy atom. The molecular weight excluding hydrogens is 236 g/mol. The summed E-state index contributed by atoms with van der Waals surface area (Å²) >= 11 is 0. The van der Waals surface area contributed by atoms with Gasteiger partial charge in [0, 0.05) is 23.3 Å². The molecule has 0 aliphatic rings. The number of pyridine rings is 1. The maximum atomic E-state index is 11.3. The number of nitrogens with zero attached hydrogens (tertiary/aromatic N) is 2. The molecule has 0 saturated heterocycles. The number of aryl methyl sites for hydroxylation is 1. The first kappa shape index (κ1) is 10.4. The van der Waals surface area contributed by atoms with Crippen LogP contribution in [0.5, 0.6) is 0 Å². The number of hydrogen-bond donors (Lipinski definition) is 0. The zero-order valence-electron chi connectivity index (χ0n) is 8.01. The Bertz CT molecular complexity index is 604. The minimum absolute atomic E-state index is 0.0679. The van der Waals surface area contributed by atoms with Gasteiger partial charge in [0.05, 0.1) is 5.52 Å². The van der Waals surface area contributed by atoms with E-state index < -0.39 is 9.05 Å². The Labute approximate surface area is 91.9 Å². The molecule has 0 atom stereocenters. The topological polar surface area (TPSA) is 51.4 Å². The molecule has 0 N–H and O–H groups in total. The number of rotatable bonds is 2. The van der Waals surface area contributed by atoms with Gasteiger partial charge in [-0.15, -0.1) is 0 Å². The van der Waals surface area contributed by atoms with E-state index in [0.29, 0.717) is 17.8 Å². The van der Waals surface area contributed by atoms with Gasteiger partial charge in [-0.3, -0.25) is 0 Å². The van der Waals surface area contributed by atoms with Crippen LogP contribution >= 0.6 is 10.7 Å². The number of aromatic nitrogens is 2. The van der Waals surface area contributed by atoms with Crippen molar-refractivity contribution in [1.29, 1.82) is 0 Å².